The van der Waals surface area contributed by atoms with Gasteiger partial charge in [0.15, 0.2) is 0 Å². The summed E-state index contributed by atoms with van der Waals surface area (Å²) in [6.07, 6.45) is 2.65. The van der Waals surface area contributed by atoms with Crippen LogP contribution in [0, 0.1) is 0 Å². The predicted molar refractivity (Wildman–Crippen MR) is 38.4 cm³/mol. The Bertz CT molecular complexity index is 26.0. The van der Waals surface area contributed by atoms with Gasteiger partial charge in [-0.1, -0.05) is 0 Å². The van der Waals surface area contributed by atoms with Gasteiger partial charge in [-0.3, -0.25) is 0 Å². The first kappa shape index (κ1) is 16.1. The summed E-state index contributed by atoms with van der Waals surface area (Å²) in [4.78, 5) is 0. The third-order valence-corrected chi connectivity index (χ3v) is 1.68. The molecule has 0 aliphatic heterocycles. The fourth-order valence-electron chi connectivity index (χ4n) is 0.279. The van der Waals surface area contributed by atoms with Gasteiger partial charge in [0.05, 0.1) is 0 Å². The Morgan fingerprint density at radius 1 is 1.38 bits per heavy atom. The topological polar surface area (TPSA) is 26.0 Å². The van der Waals surface area contributed by atoms with Gasteiger partial charge in [0.1, 0.15) is 0 Å². The number of halogens is 2. The van der Waals surface area contributed by atoms with Gasteiger partial charge >= 0.3 is 48.1 Å². The summed E-state index contributed by atoms with van der Waals surface area (Å²) in [5.41, 5.74) is 0. The summed E-state index contributed by atoms with van der Waals surface area (Å²) in [5, 5.41) is 0. The van der Waals surface area contributed by atoms with Gasteiger partial charge in [-0.15, -0.1) is 24.8 Å². The molecule has 4 heteroatoms. The molecule has 0 saturated carbocycles. The van der Waals surface area contributed by atoms with Crippen LogP contribution < -0.4 is 4.22 Å². The number of rotatable bonds is 3. The molecule has 0 aliphatic carbocycles. The zero-order valence-electron chi connectivity index (χ0n) is 5.02. The summed E-state index contributed by atoms with van der Waals surface area (Å²) in [6, 6.07) is 0. The molecule has 0 fully saturated rings. The molecule has 0 aromatic rings. The first-order chi connectivity index (χ1) is 2.91. The van der Waals surface area contributed by atoms with Crippen LogP contribution in [0.25, 0.3) is 0 Å². The van der Waals surface area contributed by atoms with Gasteiger partial charge < -0.3 is 0 Å². The Morgan fingerprint density at radius 2 is 1.88 bits per heavy atom. The second-order valence-electron chi connectivity index (χ2n) is 1.31. The first-order valence-corrected chi connectivity index (χ1v) is 4.36. The van der Waals surface area contributed by atoms with E-state index in [0.29, 0.717) is 0 Å². The number of hydrogen-bond donors (Lipinski definition) is 1. The SMILES string of the molecule is CCC[CH2][Ti][NH2].Cl.Cl. The Hall–Kier alpha value is 1.25. The van der Waals surface area contributed by atoms with Crippen molar-refractivity contribution in [1.29, 1.82) is 0 Å². The third kappa shape index (κ3) is 15.7. The van der Waals surface area contributed by atoms with E-state index >= 15 is 0 Å². The van der Waals surface area contributed by atoms with Crippen molar-refractivity contribution in [2.24, 2.45) is 4.22 Å². The van der Waals surface area contributed by atoms with Crippen LogP contribution >= 0.6 is 24.8 Å². The van der Waals surface area contributed by atoms with Crippen LogP contribution in [0.1, 0.15) is 19.8 Å². The molecule has 0 unspecified atom stereocenters. The largest absolute Gasteiger partial charge is 0.147 e. The van der Waals surface area contributed by atoms with E-state index in [1.54, 1.807) is 0 Å². The molecule has 2 N–H and O–H groups in total. The van der Waals surface area contributed by atoms with Gasteiger partial charge in [0, 0.05) is 0 Å². The van der Waals surface area contributed by atoms with E-state index in [1.807, 2.05) is 0 Å². The van der Waals surface area contributed by atoms with Crippen molar-refractivity contribution >= 4 is 24.8 Å². The van der Waals surface area contributed by atoms with Crippen molar-refractivity contribution < 1.29 is 19.4 Å². The van der Waals surface area contributed by atoms with Crippen LogP contribution in [0.5, 0.6) is 0 Å². The fraction of sp³-hybridized carbons (Fsp3) is 1.00. The Labute approximate surface area is 72.8 Å². The second-order valence-corrected chi connectivity index (χ2v) is 2.73. The minimum atomic E-state index is -0.00181. The molecular formula is C4H13Cl2NTi. The molecule has 0 amide bonds. The fourth-order valence-corrected chi connectivity index (χ4v) is 1.15. The van der Waals surface area contributed by atoms with Crippen LogP contribution in [0.4, 0.5) is 0 Å². The molecule has 0 spiro atoms. The number of nitrogens with two attached hydrogens (primary N) is 1. The summed E-state index contributed by atoms with van der Waals surface area (Å²) in [5.74, 6) is 0. The minimum absolute atomic E-state index is 0. The van der Waals surface area contributed by atoms with Gasteiger partial charge in [-0.2, -0.15) is 0 Å². The molecule has 0 aromatic carbocycles. The Morgan fingerprint density at radius 3 is 2.00 bits per heavy atom. The molecule has 0 bridgehead atoms. The molecule has 0 rings (SSSR count). The zero-order valence-corrected chi connectivity index (χ0v) is 8.21. The standard InChI is InChI=1S/C4H9.2ClH.H2N.Ti/c1-3-4-2;;;;/h1,3-4H2,2H3;2*1H;1H2;/q;;;-1;+1. The number of hydrogen-bond acceptors (Lipinski definition) is 1. The Balaban J connectivity index is -0.000000125. The number of unbranched alkanes of at least 4 members (excludes halogenated alkanes) is 1. The minimum Gasteiger partial charge on any atom is -0.147 e. The van der Waals surface area contributed by atoms with E-state index < -0.39 is 0 Å². The molecule has 1 nitrogen and oxygen atoms in total. The van der Waals surface area contributed by atoms with Crippen molar-refractivity contribution in [3.63, 3.8) is 0 Å². The van der Waals surface area contributed by atoms with E-state index in [4.69, 9.17) is 4.22 Å². The van der Waals surface area contributed by atoms with E-state index in [0.717, 1.165) is 0 Å². The Kier molecular flexibility index (Phi) is 31.7. The molecular weight excluding hydrogens is 181 g/mol. The molecule has 52 valence electrons. The monoisotopic (exact) mass is 193 g/mol. The van der Waals surface area contributed by atoms with Crippen molar-refractivity contribution in [1.82, 2.24) is 0 Å². The molecule has 0 saturated heterocycles. The summed E-state index contributed by atoms with van der Waals surface area (Å²) < 4.78 is 6.66. The molecule has 0 radical (unpaired) electrons. The van der Waals surface area contributed by atoms with Crippen molar-refractivity contribution in [3.05, 3.63) is 0 Å². The molecule has 0 atom stereocenters. The van der Waals surface area contributed by atoms with E-state index in [2.05, 4.69) is 6.92 Å². The summed E-state index contributed by atoms with van der Waals surface area (Å²) in [7, 11) is 0. The molecule has 0 aromatic heterocycles. The van der Waals surface area contributed by atoms with E-state index in [-0.39, 0.29) is 44.2 Å². The van der Waals surface area contributed by atoms with Gasteiger partial charge in [0.25, 0.3) is 0 Å². The maximum Gasteiger partial charge on any atom is -0.147 e. The second kappa shape index (κ2) is 15.7. The van der Waals surface area contributed by atoms with Gasteiger partial charge in [-0.05, 0) is 0 Å². The van der Waals surface area contributed by atoms with Crippen LogP contribution in [-0.4, -0.2) is 0 Å². The average molecular weight is 194 g/mol. The molecule has 0 heterocycles. The normalized spacial score (nSPS) is 6.25. The van der Waals surface area contributed by atoms with Crippen LogP contribution in [-0.2, 0) is 19.4 Å². The van der Waals surface area contributed by atoms with Crippen LogP contribution in [0.15, 0.2) is 0 Å². The smallest absolute Gasteiger partial charge is 0.147 e. The summed E-state index contributed by atoms with van der Waals surface area (Å²) >= 11 is -0.00181. The maximum atomic E-state index is 5.34. The van der Waals surface area contributed by atoms with Gasteiger partial charge in [0.2, 0.25) is 0 Å². The van der Waals surface area contributed by atoms with Gasteiger partial charge in [-0.25, -0.2) is 0 Å². The maximum absolute atomic E-state index is 5.34. The first-order valence-electron chi connectivity index (χ1n) is 2.35. The predicted octanol–water partition coefficient (Wildman–Crippen LogP) is 2.00. The van der Waals surface area contributed by atoms with E-state index in [9.17, 15) is 0 Å². The van der Waals surface area contributed by atoms with Crippen molar-refractivity contribution in [2.75, 3.05) is 0 Å². The van der Waals surface area contributed by atoms with Crippen molar-refractivity contribution in [2.45, 2.75) is 24.5 Å². The van der Waals surface area contributed by atoms with E-state index in [1.165, 1.54) is 17.6 Å². The molecule has 0 aliphatic rings. The van der Waals surface area contributed by atoms with Crippen molar-refractivity contribution in [3.8, 4) is 0 Å². The molecule has 8 heavy (non-hydrogen) atoms. The third-order valence-electron chi connectivity index (χ3n) is 0.675. The zero-order chi connectivity index (χ0) is 4.83. The van der Waals surface area contributed by atoms with Crippen LogP contribution in [0.2, 0.25) is 4.73 Å². The quantitative estimate of drug-likeness (QED) is 0.539. The average Bonchev–Trinajstić information content (AvgIpc) is 1.61. The summed E-state index contributed by atoms with van der Waals surface area (Å²) in [6.45, 7) is 2.20. The van der Waals surface area contributed by atoms with Crippen LogP contribution in [0.3, 0.4) is 0 Å².